The molecular weight excluding hydrogens is 336 g/mol. The number of nitrogens with zero attached hydrogens (tertiary/aromatic N) is 1. The fraction of sp³-hybridized carbons (Fsp3) is 0.263. The SMILES string of the molecule is N[C@H]1CC[C@H](c2ccc(NC(=O)c3cc(Cl)cc4[nH]ncc34)cc2)C1. The third-order valence-electron chi connectivity index (χ3n) is 4.88. The molecular formula is C19H19ClN4O. The van der Waals surface area contributed by atoms with Crippen molar-refractivity contribution in [1.29, 1.82) is 0 Å². The lowest BCUT2D eigenvalue weighted by atomic mass is 9.97. The van der Waals surface area contributed by atoms with Crippen LogP contribution < -0.4 is 11.1 Å². The van der Waals surface area contributed by atoms with Gasteiger partial charge in [-0.1, -0.05) is 23.7 Å². The molecule has 128 valence electrons. The molecule has 3 aromatic rings. The molecule has 1 amide bonds. The van der Waals surface area contributed by atoms with Gasteiger partial charge in [-0.3, -0.25) is 9.89 Å². The monoisotopic (exact) mass is 354 g/mol. The molecule has 0 bridgehead atoms. The van der Waals surface area contributed by atoms with Gasteiger partial charge in [0.25, 0.3) is 5.91 Å². The number of aromatic amines is 1. The summed E-state index contributed by atoms with van der Waals surface area (Å²) in [5.41, 5.74) is 9.28. The Kier molecular flexibility index (Phi) is 4.19. The van der Waals surface area contributed by atoms with Crippen molar-refractivity contribution < 1.29 is 4.79 Å². The summed E-state index contributed by atoms with van der Waals surface area (Å²) in [5.74, 6) is 0.322. The first-order chi connectivity index (χ1) is 12.1. The molecule has 1 aromatic heterocycles. The van der Waals surface area contributed by atoms with Gasteiger partial charge in [0.15, 0.2) is 0 Å². The number of nitrogens with one attached hydrogen (secondary N) is 2. The van der Waals surface area contributed by atoms with E-state index >= 15 is 0 Å². The fourth-order valence-electron chi connectivity index (χ4n) is 3.56. The van der Waals surface area contributed by atoms with E-state index < -0.39 is 0 Å². The van der Waals surface area contributed by atoms with Crippen LogP contribution in [0.15, 0.2) is 42.6 Å². The topological polar surface area (TPSA) is 83.8 Å². The molecule has 0 spiro atoms. The van der Waals surface area contributed by atoms with Crippen molar-refractivity contribution >= 4 is 34.1 Å². The average molecular weight is 355 g/mol. The summed E-state index contributed by atoms with van der Waals surface area (Å²) in [6, 6.07) is 11.7. The van der Waals surface area contributed by atoms with E-state index in [-0.39, 0.29) is 5.91 Å². The first-order valence-electron chi connectivity index (χ1n) is 8.39. The molecule has 1 saturated carbocycles. The number of fused-ring (bicyclic) bond motifs is 1. The first kappa shape index (κ1) is 16.1. The molecule has 1 fully saturated rings. The van der Waals surface area contributed by atoms with Gasteiger partial charge in [-0.2, -0.15) is 5.10 Å². The Morgan fingerprint density at radius 2 is 2.04 bits per heavy atom. The molecule has 0 aliphatic heterocycles. The average Bonchev–Trinajstić information content (AvgIpc) is 3.23. The molecule has 4 N–H and O–H groups in total. The van der Waals surface area contributed by atoms with Gasteiger partial charge >= 0.3 is 0 Å². The Bertz CT molecular complexity index is 919. The largest absolute Gasteiger partial charge is 0.328 e. The van der Waals surface area contributed by atoms with Crippen molar-refractivity contribution in [2.75, 3.05) is 5.32 Å². The summed E-state index contributed by atoms with van der Waals surface area (Å²) < 4.78 is 0. The second-order valence-electron chi connectivity index (χ2n) is 6.63. The van der Waals surface area contributed by atoms with Gasteiger partial charge in [0.05, 0.1) is 17.3 Å². The highest BCUT2D eigenvalue weighted by atomic mass is 35.5. The molecule has 2 aromatic carbocycles. The van der Waals surface area contributed by atoms with Crippen LogP contribution in [-0.4, -0.2) is 22.1 Å². The van der Waals surface area contributed by atoms with Crippen LogP contribution in [0.1, 0.15) is 41.1 Å². The summed E-state index contributed by atoms with van der Waals surface area (Å²) in [6.45, 7) is 0. The second kappa shape index (κ2) is 6.50. The molecule has 1 heterocycles. The van der Waals surface area contributed by atoms with Gasteiger partial charge in [0, 0.05) is 22.1 Å². The Hall–Kier alpha value is -2.37. The molecule has 0 saturated heterocycles. The summed E-state index contributed by atoms with van der Waals surface area (Å²) in [6.07, 6.45) is 4.88. The van der Waals surface area contributed by atoms with Crippen LogP contribution in [0.5, 0.6) is 0 Å². The van der Waals surface area contributed by atoms with E-state index in [1.807, 2.05) is 12.1 Å². The smallest absolute Gasteiger partial charge is 0.256 e. The number of rotatable bonds is 3. The first-order valence-corrected chi connectivity index (χ1v) is 8.77. The molecule has 1 aliphatic carbocycles. The zero-order chi connectivity index (χ0) is 17.4. The standard InChI is InChI=1S/C19H19ClN4O/c20-13-8-16(17-10-22-24-18(17)9-13)19(25)23-15-5-2-11(3-6-15)12-1-4-14(21)7-12/h2-3,5-6,8-10,12,14H,1,4,7,21H2,(H,22,24)(H,23,25)/t12-,14-/m0/s1. The molecule has 6 heteroatoms. The minimum absolute atomic E-state index is 0.204. The van der Waals surface area contributed by atoms with Crippen molar-refractivity contribution in [2.45, 2.75) is 31.2 Å². The van der Waals surface area contributed by atoms with E-state index in [1.54, 1.807) is 18.3 Å². The van der Waals surface area contributed by atoms with E-state index in [1.165, 1.54) is 5.56 Å². The van der Waals surface area contributed by atoms with Gasteiger partial charge in [-0.15, -0.1) is 0 Å². The van der Waals surface area contributed by atoms with Crippen molar-refractivity contribution in [1.82, 2.24) is 10.2 Å². The van der Waals surface area contributed by atoms with Crippen LogP contribution in [0.4, 0.5) is 5.69 Å². The van der Waals surface area contributed by atoms with Crippen LogP contribution in [0.2, 0.25) is 5.02 Å². The summed E-state index contributed by atoms with van der Waals surface area (Å²) in [7, 11) is 0. The maximum absolute atomic E-state index is 12.6. The van der Waals surface area contributed by atoms with Gasteiger partial charge in [-0.05, 0) is 55.0 Å². The second-order valence-corrected chi connectivity index (χ2v) is 7.07. The van der Waals surface area contributed by atoms with Crippen LogP contribution in [-0.2, 0) is 0 Å². The Morgan fingerprint density at radius 1 is 1.24 bits per heavy atom. The molecule has 1 aliphatic rings. The van der Waals surface area contributed by atoms with E-state index in [9.17, 15) is 4.79 Å². The predicted molar refractivity (Wildman–Crippen MR) is 100 cm³/mol. The molecule has 2 atom stereocenters. The highest BCUT2D eigenvalue weighted by molar-refractivity contribution is 6.32. The highest BCUT2D eigenvalue weighted by Crippen LogP contribution is 2.34. The molecule has 25 heavy (non-hydrogen) atoms. The highest BCUT2D eigenvalue weighted by Gasteiger charge is 2.23. The van der Waals surface area contributed by atoms with Crippen LogP contribution >= 0.6 is 11.6 Å². The van der Waals surface area contributed by atoms with Gasteiger partial charge in [0.1, 0.15) is 0 Å². The Labute approximate surface area is 150 Å². The minimum Gasteiger partial charge on any atom is -0.328 e. The van der Waals surface area contributed by atoms with E-state index in [0.29, 0.717) is 22.5 Å². The minimum atomic E-state index is -0.204. The number of aromatic nitrogens is 2. The quantitative estimate of drug-likeness (QED) is 0.663. The maximum atomic E-state index is 12.6. The van der Waals surface area contributed by atoms with Crippen molar-refractivity contribution in [2.24, 2.45) is 5.73 Å². The predicted octanol–water partition coefficient (Wildman–Crippen LogP) is 4.06. The number of halogens is 1. The lowest BCUT2D eigenvalue weighted by molar-refractivity contribution is 0.102. The molecule has 0 unspecified atom stereocenters. The number of benzene rings is 2. The van der Waals surface area contributed by atoms with Crippen molar-refractivity contribution in [3.05, 3.63) is 58.7 Å². The third-order valence-corrected chi connectivity index (χ3v) is 5.10. The van der Waals surface area contributed by atoms with Crippen molar-refractivity contribution in [3.63, 3.8) is 0 Å². The number of carbonyl (C=O) groups is 1. The van der Waals surface area contributed by atoms with E-state index in [0.717, 1.165) is 35.9 Å². The Morgan fingerprint density at radius 3 is 2.76 bits per heavy atom. The number of hydrogen-bond acceptors (Lipinski definition) is 3. The summed E-state index contributed by atoms with van der Waals surface area (Å²) in [5, 5.41) is 11.0. The maximum Gasteiger partial charge on any atom is 0.256 e. The third kappa shape index (κ3) is 3.25. The van der Waals surface area contributed by atoms with E-state index in [2.05, 4.69) is 27.6 Å². The van der Waals surface area contributed by atoms with Crippen molar-refractivity contribution in [3.8, 4) is 0 Å². The zero-order valence-electron chi connectivity index (χ0n) is 13.6. The fourth-order valence-corrected chi connectivity index (χ4v) is 3.78. The lowest BCUT2D eigenvalue weighted by Gasteiger charge is -2.12. The molecule has 4 rings (SSSR count). The number of anilines is 1. The normalized spacial score (nSPS) is 20.1. The van der Waals surface area contributed by atoms with Crippen LogP contribution in [0.25, 0.3) is 10.9 Å². The van der Waals surface area contributed by atoms with Gasteiger partial charge in [0.2, 0.25) is 0 Å². The summed E-state index contributed by atoms with van der Waals surface area (Å²) in [4.78, 5) is 12.6. The Balaban J connectivity index is 1.53. The van der Waals surface area contributed by atoms with E-state index in [4.69, 9.17) is 17.3 Å². The van der Waals surface area contributed by atoms with Crippen LogP contribution in [0.3, 0.4) is 0 Å². The number of hydrogen-bond donors (Lipinski definition) is 3. The van der Waals surface area contributed by atoms with Gasteiger partial charge in [-0.25, -0.2) is 0 Å². The molecule has 5 nitrogen and oxygen atoms in total. The number of amides is 1. The number of nitrogens with two attached hydrogens (primary N) is 1. The zero-order valence-corrected chi connectivity index (χ0v) is 14.4. The number of carbonyl (C=O) groups excluding carboxylic acids is 1. The summed E-state index contributed by atoms with van der Waals surface area (Å²) >= 11 is 6.10. The lowest BCUT2D eigenvalue weighted by Crippen LogP contribution is -2.14. The van der Waals surface area contributed by atoms with Crippen LogP contribution in [0, 0.1) is 0 Å². The molecule has 0 radical (unpaired) electrons. The number of H-pyrrole nitrogens is 1. The van der Waals surface area contributed by atoms with Gasteiger partial charge < -0.3 is 11.1 Å².